The van der Waals surface area contributed by atoms with Gasteiger partial charge in [-0.25, -0.2) is 0 Å². The lowest BCUT2D eigenvalue weighted by Gasteiger charge is -2.33. The Hall–Kier alpha value is -0.380. The summed E-state index contributed by atoms with van der Waals surface area (Å²) in [4.78, 5) is 1.51. The van der Waals surface area contributed by atoms with Crippen LogP contribution in [0.25, 0.3) is 0 Å². The number of hydrogen-bond acceptors (Lipinski definition) is 3. The van der Waals surface area contributed by atoms with Gasteiger partial charge in [0.05, 0.1) is 11.2 Å². The molecule has 2 atom stereocenters. The number of thiophene rings is 1. The van der Waals surface area contributed by atoms with Gasteiger partial charge in [-0.05, 0) is 64.1 Å². The van der Waals surface area contributed by atoms with Crippen LogP contribution in [0.5, 0.6) is 0 Å². The molecule has 2 heterocycles. The maximum absolute atomic E-state index is 6.31. The summed E-state index contributed by atoms with van der Waals surface area (Å²) in [5.74, 6) is 0.515. The molecule has 1 saturated heterocycles. The lowest BCUT2D eigenvalue weighted by atomic mass is 9.80. The molecule has 1 aliphatic heterocycles. The van der Waals surface area contributed by atoms with Crippen molar-refractivity contribution in [2.75, 3.05) is 6.54 Å². The first-order chi connectivity index (χ1) is 9.30. The first kappa shape index (κ1) is 16.0. The van der Waals surface area contributed by atoms with Crippen LogP contribution in [0.3, 0.4) is 0 Å². The van der Waals surface area contributed by atoms with E-state index in [1.165, 1.54) is 10.4 Å². The van der Waals surface area contributed by atoms with E-state index in [-0.39, 0.29) is 11.2 Å². The van der Waals surface area contributed by atoms with Gasteiger partial charge in [0.2, 0.25) is 0 Å². The molecule has 1 aromatic rings. The first-order valence-corrected chi connectivity index (χ1v) is 8.68. The third-order valence-corrected chi connectivity index (χ3v) is 5.46. The third kappa shape index (κ3) is 3.10. The highest BCUT2D eigenvalue weighted by Crippen LogP contribution is 2.48. The molecule has 3 heteroatoms. The van der Waals surface area contributed by atoms with E-state index in [2.05, 4.69) is 58.3 Å². The Morgan fingerprint density at radius 1 is 1.35 bits per heavy atom. The lowest BCUT2D eigenvalue weighted by Crippen LogP contribution is -2.38. The average Bonchev–Trinajstić information content (AvgIpc) is 2.87. The zero-order valence-corrected chi connectivity index (χ0v) is 14.6. The second-order valence-electron chi connectivity index (χ2n) is 6.97. The van der Waals surface area contributed by atoms with Gasteiger partial charge >= 0.3 is 0 Å². The largest absolute Gasteiger partial charge is 0.369 e. The Morgan fingerprint density at radius 3 is 2.55 bits per heavy atom. The summed E-state index contributed by atoms with van der Waals surface area (Å²) in [5, 5.41) is 5.95. The van der Waals surface area contributed by atoms with Gasteiger partial charge in [0.25, 0.3) is 0 Å². The van der Waals surface area contributed by atoms with Crippen LogP contribution >= 0.6 is 11.3 Å². The quantitative estimate of drug-likeness (QED) is 0.860. The number of aryl methyl sites for hydroxylation is 1. The minimum atomic E-state index is -0.0780. The molecule has 2 unspecified atom stereocenters. The van der Waals surface area contributed by atoms with E-state index >= 15 is 0 Å². The molecular weight excluding hydrogens is 266 g/mol. The van der Waals surface area contributed by atoms with E-state index in [4.69, 9.17) is 4.74 Å². The van der Waals surface area contributed by atoms with Crippen molar-refractivity contribution in [1.29, 1.82) is 0 Å². The zero-order valence-electron chi connectivity index (χ0n) is 13.7. The Morgan fingerprint density at radius 2 is 2.05 bits per heavy atom. The fourth-order valence-electron chi connectivity index (χ4n) is 3.67. The number of rotatable bonds is 5. The second kappa shape index (κ2) is 5.78. The maximum atomic E-state index is 6.31. The topological polar surface area (TPSA) is 21.3 Å². The SMILES string of the molecule is CCNC(c1sccc1CC)C1CC(C)(C)OC1(C)C. The van der Waals surface area contributed by atoms with E-state index < -0.39 is 0 Å². The predicted molar refractivity (Wildman–Crippen MR) is 87.5 cm³/mol. The molecule has 0 aliphatic carbocycles. The summed E-state index contributed by atoms with van der Waals surface area (Å²) in [6.07, 6.45) is 2.22. The highest BCUT2D eigenvalue weighted by molar-refractivity contribution is 7.10. The Kier molecular flexibility index (Phi) is 4.63. The van der Waals surface area contributed by atoms with Crippen molar-refractivity contribution in [2.45, 2.75) is 71.6 Å². The molecule has 0 amide bonds. The third-order valence-electron chi connectivity index (χ3n) is 4.41. The van der Waals surface area contributed by atoms with Crippen LogP contribution in [-0.4, -0.2) is 17.7 Å². The molecule has 2 rings (SSSR count). The summed E-state index contributed by atoms with van der Waals surface area (Å²) in [5.41, 5.74) is 1.39. The normalized spacial score (nSPS) is 25.8. The van der Waals surface area contributed by atoms with Crippen molar-refractivity contribution in [3.63, 3.8) is 0 Å². The summed E-state index contributed by atoms with van der Waals surface area (Å²) in [6, 6.07) is 2.69. The molecule has 114 valence electrons. The van der Waals surface area contributed by atoms with Crippen LogP contribution in [0.2, 0.25) is 0 Å². The van der Waals surface area contributed by atoms with E-state index in [1.807, 2.05) is 11.3 Å². The highest BCUT2D eigenvalue weighted by Gasteiger charge is 2.49. The van der Waals surface area contributed by atoms with Gasteiger partial charge < -0.3 is 10.1 Å². The molecular formula is C17H29NOS. The standard InChI is InChI=1S/C17H29NOS/c1-7-12-9-10-20-15(12)14(18-8-2)13-11-16(3,4)19-17(13,5)6/h9-10,13-14,18H,7-8,11H2,1-6H3. The predicted octanol–water partition coefficient (Wildman–Crippen LogP) is 4.55. The van der Waals surface area contributed by atoms with Gasteiger partial charge in [0, 0.05) is 16.8 Å². The van der Waals surface area contributed by atoms with Gasteiger partial charge in [-0.1, -0.05) is 13.8 Å². The Balaban J connectivity index is 2.34. The molecule has 1 aromatic heterocycles. The molecule has 0 bridgehead atoms. The summed E-state index contributed by atoms with van der Waals surface area (Å²) in [6.45, 7) is 14.4. The molecule has 0 saturated carbocycles. The number of hydrogen-bond donors (Lipinski definition) is 1. The van der Waals surface area contributed by atoms with Gasteiger partial charge in [-0.3, -0.25) is 0 Å². The molecule has 0 aromatic carbocycles. The molecule has 20 heavy (non-hydrogen) atoms. The zero-order chi connectivity index (χ0) is 15.0. The molecule has 1 aliphatic rings. The van der Waals surface area contributed by atoms with Gasteiger partial charge in [-0.15, -0.1) is 11.3 Å². The van der Waals surface area contributed by atoms with Crippen LogP contribution in [0.1, 0.15) is 64.4 Å². The fourth-order valence-corrected chi connectivity index (χ4v) is 4.81. The number of nitrogens with one attached hydrogen (secondary N) is 1. The van der Waals surface area contributed by atoms with E-state index in [0.29, 0.717) is 12.0 Å². The number of ether oxygens (including phenoxy) is 1. The first-order valence-electron chi connectivity index (χ1n) is 7.80. The van der Waals surface area contributed by atoms with Crippen molar-refractivity contribution >= 4 is 11.3 Å². The van der Waals surface area contributed by atoms with Crippen LogP contribution in [-0.2, 0) is 11.2 Å². The minimum absolute atomic E-state index is 0.0223. The van der Waals surface area contributed by atoms with E-state index in [1.54, 1.807) is 0 Å². The van der Waals surface area contributed by atoms with Crippen LogP contribution in [0.4, 0.5) is 0 Å². The second-order valence-corrected chi connectivity index (χ2v) is 7.92. The van der Waals surface area contributed by atoms with Crippen molar-refractivity contribution in [3.8, 4) is 0 Å². The molecule has 0 spiro atoms. The lowest BCUT2D eigenvalue weighted by molar-refractivity contribution is -0.0777. The van der Waals surface area contributed by atoms with E-state index in [9.17, 15) is 0 Å². The Labute approximate surface area is 127 Å². The summed E-state index contributed by atoms with van der Waals surface area (Å²) in [7, 11) is 0. The van der Waals surface area contributed by atoms with Crippen molar-refractivity contribution in [1.82, 2.24) is 5.32 Å². The van der Waals surface area contributed by atoms with Crippen LogP contribution in [0, 0.1) is 5.92 Å². The fraction of sp³-hybridized carbons (Fsp3) is 0.765. The summed E-state index contributed by atoms with van der Waals surface area (Å²) >= 11 is 1.89. The molecule has 1 N–H and O–H groups in total. The minimum Gasteiger partial charge on any atom is -0.369 e. The van der Waals surface area contributed by atoms with Gasteiger partial charge in [0.1, 0.15) is 0 Å². The van der Waals surface area contributed by atoms with Crippen LogP contribution in [0.15, 0.2) is 11.4 Å². The van der Waals surface area contributed by atoms with E-state index in [0.717, 1.165) is 19.4 Å². The molecule has 1 fully saturated rings. The monoisotopic (exact) mass is 295 g/mol. The van der Waals surface area contributed by atoms with Crippen LogP contribution < -0.4 is 5.32 Å². The molecule has 0 radical (unpaired) electrons. The van der Waals surface area contributed by atoms with Crippen molar-refractivity contribution in [2.24, 2.45) is 5.92 Å². The smallest absolute Gasteiger partial charge is 0.0681 e. The summed E-state index contributed by atoms with van der Waals surface area (Å²) < 4.78 is 6.31. The van der Waals surface area contributed by atoms with Crippen molar-refractivity contribution < 1.29 is 4.74 Å². The average molecular weight is 295 g/mol. The highest BCUT2D eigenvalue weighted by atomic mass is 32.1. The maximum Gasteiger partial charge on any atom is 0.0681 e. The van der Waals surface area contributed by atoms with Gasteiger partial charge in [-0.2, -0.15) is 0 Å². The van der Waals surface area contributed by atoms with Gasteiger partial charge in [0.15, 0.2) is 0 Å². The van der Waals surface area contributed by atoms with Crippen molar-refractivity contribution in [3.05, 3.63) is 21.9 Å². The Bertz CT molecular complexity index is 450. The molecule has 2 nitrogen and oxygen atoms in total.